The zero-order valence-corrected chi connectivity index (χ0v) is 12.3. The highest BCUT2D eigenvalue weighted by molar-refractivity contribution is 9.10. The minimum Gasteiger partial charge on any atom is -0.435 e. The van der Waals surface area contributed by atoms with E-state index in [0.29, 0.717) is 15.6 Å². The summed E-state index contributed by atoms with van der Waals surface area (Å²) in [6, 6.07) is 10.0. The van der Waals surface area contributed by atoms with Gasteiger partial charge in [0.1, 0.15) is 11.6 Å². The lowest BCUT2D eigenvalue weighted by Crippen LogP contribution is -2.29. The Morgan fingerprint density at radius 1 is 1.14 bits per heavy atom. The van der Waals surface area contributed by atoms with Crippen molar-refractivity contribution in [3.05, 3.63) is 63.9 Å². The number of benzene rings is 2. The van der Waals surface area contributed by atoms with Crippen LogP contribution in [-0.2, 0) is 0 Å². The molecule has 0 fully saturated rings. The van der Waals surface area contributed by atoms with Gasteiger partial charge in [-0.1, -0.05) is 24.3 Å². The first-order chi connectivity index (χ1) is 10.0. The maximum absolute atomic E-state index is 14.1. The Bertz CT molecular complexity index is 625. The predicted molar refractivity (Wildman–Crippen MR) is 76.3 cm³/mol. The first-order valence-corrected chi connectivity index (χ1v) is 6.77. The van der Waals surface area contributed by atoms with E-state index in [1.807, 2.05) is 0 Å². The van der Waals surface area contributed by atoms with Crippen LogP contribution < -0.4 is 16.0 Å². The quantitative estimate of drug-likeness (QED) is 0.630. The van der Waals surface area contributed by atoms with Gasteiger partial charge in [-0.3, -0.25) is 5.84 Å². The first kappa shape index (κ1) is 15.8. The minimum atomic E-state index is -2.92. The summed E-state index contributed by atoms with van der Waals surface area (Å²) < 4.78 is 43.3. The monoisotopic (exact) mass is 360 g/mol. The van der Waals surface area contributed by atoms with Crippen molar-refractivity contribution in [2.75, 3.05) is 0 Å². The van der Waals surface area contributed by atoms with Crippen molar-refractivity contribution in [2.24, 2.45) is 5.84 Å². The van der Waals surface area contributed by atoms with E-state index in [2.05, 4.69) is 26.1 Å². The Labute approximate surface area is 128 Å². The van der Waals surface area contributed by atoms with Gasteiger partial charge in [0.2, 0.25) is 0 Å². The van der Waals surface area contributed by atoms with Gasteiger partial charge in [-0.05, 0) is 39.7 Å². The molecule has 3 nitrogen and oxygen atoms in total. The maximum atomic E-state index is 14.1. The van der Waals surface area contributed by atoms with Crippen LogP contribution in [0, 0.1) is 5.82 Å². The summed E-state index contributed by atoms with van der Waals surface area (Å²) >= 11 is 3.10. The fourth-order valence-electron chi connectivity index (χ4n) is 1.98. The van der Waals surface area contributed by atoms with E-state index in [1.165, 1.54) is 18.2 Å². The molecule has 0 saturated carbocycles. The van der Waals surface area contributed by atoms with E-state index in [9.17, 15) is 13.2 Å². The van der Waals surface area contributed by atoms with Gasteiger partial charge in [-0.2, -0.15) is 8.78 Å². The number of ether oxygens (including phenoxy) is 1. The molecule has 2 aromatic carbocycles. The Morgan fingerprint density at radius 2 is 1.86 bits per heavy atom. The lowest BCUT2D eigenvalue weighted by Gasteiger charge is -2.19. The highest BCUT2D eigenvalue weighted by Gasteiger charge is 2.19. The zero-order chi connectivity index (χ0) is 15.4. The van der Waals surface area contributed by atoms with Crippen LogP contribution in [-0.4, -0.2) is 6.61 Å². The fourth-order valence-corrected chi connectivity index (χ4v) is 2.36. The fraction of sp³-hybridized carbons (Fsp3) is 0.143. The van der Waals surface area contributed by atoms with E-state index in [4.69, 9.17) is 5.84 Å². The molecule has 0 aliphatic carbocycles. The Hall–Kier alpha value is -1.57. The highest BCUT2D eigenvalue weighted by atomic mass is 79.9. The summed E-state index contributed by atoms with van der Waals surface area (Å²) in [5.41, 5.74) is 3.28. The van der Waals surface area contributed by atoms with Gasteiger partial charge in [0, 0.05) is 5.56 Å². The molecule has 21 heavy (non-hydrogen) atoms. The first-order valence-electron chi connectivity index (χ1n) is 5.97. The number of alkyl halides is 2. The molecule has 0 bridgehead atoms. The van der Waals surface area contributed by atoms with E-state index < -0.39 is 18.5 Å². The molecule has 3 N–H and O–H groups in total. The van der Waals surface area contributed by atoms with Gasteiger partial charge in [-0.15, -0.1) is 0 Å². The summed E-state index contributed by atoms with van der Waals surface area (Å²) in [7, 11) is 0. The average Bonchev–Trinajstić information content (AvgIpc) is 2.44. The zero-order valence-electron chi connectivity index (χ0n) is 10.7. The molecule has 112 valence electrons. The summed E-state index contributed by atoms with van der Waals surface area (Å²) in [5, 5.41) is 0. The summed E-state index contributed by atoms with van der Waals surface area (Å²) in [6.07, 6.45) is 0. The van der Waals surface area contributed by atoms with Gasteiger partial charge >= 0.3 is 6.61 Å². The second-order valence-corrected chi connectivity index (χ2v) is 5.05. The molecule has 1 unspecified atom stereocenters. The molecule has 1 atom stereocenters. The minimum absolute atomic E-state index is 0.0156. The molecule has 0 aliphatic heterocycles. The van der Waals surface area contributed by atoms with Crippen LogP contribution in [0.5, 0.6) is 5.75 Å². The number of hydrogen-bond acceptors (Lipinski definition) is 3. The molecule has 0 heterocycles. The predicted octanol–water partition coefficient (Wildman–Crippen LogP) is 3.74. The largest absolute Gasteiger partial charge is 0.435 e. The van der Waals surface area contributed by atoms with Crippen LogP contribution in [0.25, 0.3) is 0 Å². The molecule has 0 saturated heterocycles. The summed E-state index contributed by atoms with van der Waals surface area (Å²) in [4.78, 5) is 0. The second kappa shape index (κ2) is 6.93. The van der Waals surface area contributed by atoms with Crippen molar-refractivity contribution in [3.8, 4) is 5.75 Å². The molecule has 2 aromatic rings. The van der Waals surface area contributed by atoms with Crippen LogP contribution >= 0.6 is 15.9 Å². The van der Waals surface area contributed by atoms with E-state index in [0.717, 1.165) is 0 Å². The Balaban J connectivity index is 2.39. The van der Waals surface area contributed by atoms with Crippen LogP contribution in [0.4, 0.5) is 13.2 Å². The van der Waals surface area contributed by atoms with Crippen molar-refractivity contribution in [1.29, 1.82) is 0 Å². The molecule has 0 amide bonds. The van der Waals surface area contributed by atoms with Crippen molar-refractivity contribution < 1.29 is 17.9 Å². The SMILES string of the molecule is NNC(c1cccc(OC(F)F)c1)c1cccc(Br)c1F. The molecule has 0 radical (unpaired) electrons. The standard InChI is InChI=1S/C14H12BrF3N2O/c15-11-6-2-5-10(12(11)16)13(20-19)8-3-1-4-9(7-8)21-14(17)18/h1-7,13-14,20H,19H2. The van der Waals surface area contributed by atoms with Gasteiger partial charge in [0.05, 0.1) is 10.5 Å². The molecule has 0 aliphatic rings. The number of nitrogens with one attached hydrogen (secondary N) is 1. The summed E-state index contributed by atoms with van der Waals surface area (Å²) in [5.74, 6) is 5.00. The average molecular weight is 361 g/mol. The number of hydrogen-bond donors (Lipinski definition) is 2. The molecule has 0 aromatic heterocycles. The molecular weight excluding hydrogens is 349 g/mol. The topological polar surface area (TPSA) is 47.3 Å². The van der Waals surface area contributed by atoms with E-state index in [-0.39, 0.29) is 5.75 Å². The van der Waals surface area contributed by atoms with E-state index in [1.54, 1.807) is 24.3 Å². The number of halogens is 4. The molecule has 7 heteroatoms. The molecule has 2 rings (SSSR count). The van der Waals surface area contributed by atoms with Crippen molar-refractivity contribution in [1.82, 2.24) is 5.43 Å². The van der Waals surface area contributed by atoms with Crippen LogP contribution in [0.2, 0.25) is 0 Å². The van der Waals surface area contributed by atoms with Crippen LogP contribution in [0.15, 0.2) is 46.9 Å². The number of nitrogens with two attached hydrogens (primary N) is 1. The van der Waals surface area contributed by atoms with Gasteiger partial charge in [-0.25, -0.2) is 9.82 Å². The molecule has 0 spiro atoms. The van der Waals surface area contributed by atoms with Crippen molar-refractivity contribution in [2.45, 2.75) is 12.7 Å². The molecular formula is C14H12BrF3N2O. The van der Waals surface area contributed by atoms with Gasteiger partial charge < -0.3 is 4.74 Å². The van der Waals surface area contributed by atoms with Crippen molar-refractivity contribution in [3.63, 3.8) is 0 Å². The number of hydrazine groups is 1. The third kappa shape index (κ3) is 3.75. The summed E-state index contributed by atoms with van der Waals surface area (Å²) in [6.45, 7) is -2.92. The highest BCUT2D eigenvalue weighted by Crippen LogP contribution is 2.29. The lowest BCUT2D eigenvalue weighted by atomic mass is 9.98. The third-order valence-electron chi connectivity index (χ3n) is 2.88. The van der Waals surface area contributed by atoms with Gasteiger partial charge in [0.15, 0.2) is 0 Å². The maximum Gasteiger partial charge on any atom is 0.387 e. The normalized spacial score (nSPS) is 12.5. The Kier molecular flexibility index (Phi) is 5.22. The van der Waals surface area contributed by atoms with Crippen LogP contribution in [0.1, 0.15) is 17.2 Å². The number of rotatable bonds is 5. The lowest BCUT2D eigenvalue weighted by molar-refractivity contribution is -0.0498. The third-order valence-corrected chi connectivity index (χ3v) is 3.49. The van der Waals surface area contributed by atoms with Crippen LogP contribution in [0.3, 0.4) is 0 Å². The Morgan fingerprint density at radius 3 is 2.52 bits per heavy atom. The van der Waals surface area contributed by atoms with Crippen molar-refractivity contribution >= 4 is 15.9 Å². The van der Waals surface area contributed by atoms with E-state index >= 15 is 0 Å². The van der Waals surface area contributed by atoms with Gasteiger partial charge in [0.25, 0.3) is 0 Å². The smallest absolute Gasteiger partial charge is 0.387 e. The second-order valence-electron chi connectivity index (χ2n) is 4.19.